The zero-order chi connectivity index (χ0) is 13.0. The maximum Gasteiger partial charge on any atom is 0.213 e. The summed E-state index contributed by atoms with van der Waals surface area (Å²) in [6.45, 7) is 4.93. The monoisotopic (exact) mass is 305 g/mol. The van der Waals surface area contributed by atoms with Crippen molar-refractivity contribution in [2.24, 2.45) is 0 Å². The van der Waals surface area contributed by atoms with Crippen molar-refractivity contribution in [1.82, 2.24) is 4.98 Å². The van der Waals surface area contributed by atoms with Crippen LogP contribution in [0.3, 0.4) is 0 Å². The van der Waals surface area contributed by atoms with Crippen molar-refractivity contribution in [2.45, 2.75) is 26.4 Å². The lowest BCUT2D eigenvalue weighted by Gasteiger charge is -2.08. The topological polar surface area (TPSA) is 22.1 Å². The molecule has 0 aliphatic rings. The van der Waals surface area contributed by atoms with E-state index < -0.39 is 0 Å². The zero-order valence-electron chi connectivity index (χ0n) is 10.6. The maximum absolute atomic E-state index is 5.62. The molecule has 2 nitrogen and oxygen atoms in total. The summed E-state index contributed by atoms with van der Waals surface area (Å²) in [6, 6.07) is 12.3. The highest BCUT2D eigenvalue weighted by molar-refractivity contribution is 9.10. The minimum Gasteiger partial charge on any atom is -0.473 e. The summed E-state index contributed by atoms with van der Waals surface area (Å²) in [6.07, 6.45) is 1.73. The van der Waals surface area contributed by atoms with Gasteiger partial charge < -0.3 is 4.74 Å². The molecule has 0 aliphatic heterocycles. The molecule has 2 rings (SSSR count). The van der Waals surface area contributed by atoms with Crippen LogP contribution in [-0.4, -0.2) is 4.98 Å². The lowest BCUT2D eigenvalue weighted by atomic mass is 10.0. The number of hydrogen-bond donors (Lipinski definition) is 0. The van der Waals surface area contributed by atoms with Gasteiger partial charge in [-0.05, 0) is 39.0 Å². The Labute approximate surface area is 116 Å². The molecule has 0 N–H and O–H groups in total. The number of rotatable bonds is 4. The van der Waals surface area contributed by atoms with E-state index in [1.807, 2.05) is 12.1 Å². The van der Waals surface area contributed by atoms with E-state index in [2.05, 4.69) is 59.0 Å². The molecule has 0 saturated heterocycles. The lowest BCUT2D eigenvalue weighted by Crippen LogP contribution is -1.97. The van der Waals surface area contributed by atoms with Gasteiger partial charge in [-0.25, -0.2) is 4.98 Å². The van der Waals surface area contributed by atoms with E-state index in [4.69, 9.17) is 4.74 Å². The van der Waals surface area contributed by atoms with Crippen molar-refractivity contribution in [3.05, 3.63) is 58.2 Å². The SMILES string of the molecule is CC(C)c1ccc(COc2ccc(Br)cn2)cc1. The average molecular weight is 306 g/mol. The molecule has 0 fully saturated rings. The minimum absolute atomic E-state index is 0.549. The molecule has 0 unspecified atom stereocenters. The van der Waals surface area contributed by atoms with Crippen molar-refractivity contribution in [3.8, 4) is 5.88 Å². The third kappa shape index (κ3) is 3.57. The van der Waals surface area contributed by atoms with E-state index in [1.165, 1.54) is 5.56 Å². The van der Waals surface area contributed by atoms with E-state index in [0.717, 1.165) is 10.0 Å². The first-order chi connectivity index (χ1) is 8.65. The Hall–Kier alpha value is -1.35. The van der Waals surface area contributed by atoms with Crippen molar-refractivity contribution in [1.29, 1.82) is 0 Å². The Morgan fingerprint density at radius 1 is 1.11 bits per heavy atom. The van der Waals surface area contributed by atoms with Gasteiger partial charge in [0.15, 0.2) is 0 Å². The van der Waals surface area contributed by atoms with E-state index in [0.29, 0.717) is 18.4 Å². The molecular formula is C15H16BrNO. The second-order valence-electron chi connectivity index (χ2n) is 4.50. The molecule has 3 heteroatoms. The number of ether oxygens (including phenoxy) is 1. The number of hydrogen-bond acceptors (Lipinski definition) is 2. The first-order valence-electron chi connectivity index (χ1n) is 5.98. The van der Waals surface area contributed by atoms with Crippen LogP contribution in [0.5, 0.6) is 5.88 Å². The Kier molecular flexibility index (Phi) is 4.37. The molecule has 0 radical (unpaired) electrons. The molecule has 0 bridgehead atoms. The fourth-order valence-corrected chi connectivity index (χ4v) is 1.84. The normalized spacial score (nSPS) is 10.7. The molecular weight excluding hydrogens is 290 g/mol. The molecule has 0 aliphatic carbocycles. The highest BCUT2D eigenvalue weighted by atomic mass is 79.9. The third-order valence-electron chi connectivity index (χ3n) is 2.73. The molecule has 2 aromatic rings. The van der Waals surface area contributed by atoms with Crippen molar-refractivity contribution >= 4 is 15.9 Å². The van der Waals surface area contributed by atoms with Crippen LogP contribution >= 0.6 is 15.9 Å². The molecule has 0 amide bonds. The summed E-state index contributed by atoms with van der Waals surface area (Å²) >= 11 is 3.34. The Morgan fingerprint density at radius 3 is 2.39 bits per heavy atom. The van der Waals surface area contributed by atoms with Gasteiger partial charge in [-0.2, -0.15) is 0 Å². The summed E-state index contributed by atoms with van der Waals surface area (Å²) in [5.74, 6) is 1.21. The summed E-state index contributed by atoms with van der Waals surface area (Å²) < 4.78 is 6.57. The van der Waals surface area contributed by atoms with Crippen LogP contribution in [-0.2, 0) is 6.61 Å². The van der Waals surface area contributed by atoms with Crippen LogP contribution in [0.1, 0.15) is 30.9 Å². The van der Waals surface area contributed by atoms with Crippen LogP contribution in [0.15, 0.2) is 47.1 Å². The maximum atomic E-state index is 5.62. The van der Waals surface area contributed by atoms with Crippen LogP contribution in [0, 0.1) is 0 Å². The fourth-order valence-electron chi connectivity index (χ4n) is 1.60. The smallest absolute Gasteiger partial charge is 0.213 e. The van der Waals surface area contributed by atoms with E-state index >= 15 is 0 Å². The number of benzene rings is 1. The predicted molar refractivity (Wildman–Crippen MR) is 76.8 cm³/mol. The quantitative estimate of drug-likeness (QED) is 0.827. The second kappa shape index (κ2) is 6.01. The van der Waals surface area contributed by atoms with Gasteiger partial charge in [0.2, 0.25) is 5.88 Å². The highest BCUT2D eigenvalue weighted by Crippen LogP contribution is 2.16. The predicted octanol–water partition coefficient (Wildman–Crippen LogP) is 4.55. The molecule has 1 aromatic carbocycles. The van der Waals surface area contributed by atoms with Gasteiger partial charge in [-0.1, -0.05) is 38.1 Å². The van der Waals surface area contributed by atoms with Crippen molar-refractivity contribution < 1.29 is 4.74 Å². The van der Waals surface area contributed by atoms with Crippen LogP contribution < -0.4 is 4.74 Å². The Morgan fingerprint density at radius 2 is 1.83 bits per heavy atom. The third-order valence-corrected chi connectivity index (χ3v) is 3.20. The summed E-state index contributed by atoms with van der Waals surface area (Å²) in [7, 11) is 0. The number of aromatic nitrogens is 1. The summed E-state index contributed by atoms with van der Waals surface area (Å²) in [5.41, 5.74) is 2.50. The lowest BCUT2D eigenvalue weighted by molar-refractivity contribution is 0.294. The Balaban J connectivity index is 1.95. The van der Waals surface area contributed by atoms with Crippen LogP contribution in [0.2, 0.25) is 0 Å². The van der Waals surface area contributed by atoms with E-state index in [-0.39, 0.29) is 0 Å². The number of halogens is 1. The first-order valence-corrected chi connectivity index (χ1v) is 6.77. The zero-order valence-corrected chi connectivity index (χ0v) is 12.1. The van der Waals surface area contributed by atoms with E-state index in [9.17, 15) is 0 Å². The van der Waals surface area contributed by atoms with Gasteiger partial charge in [-0.3, -0.25) is 0 Å². The molecule has 18 heavy (non-hydrogen) atoms. The van der Waals surface area contributed by atoms with Crippen molar-refractivity contribution in [3.63, 3.8) is 0 Å². The standard InChI is InChI=1S/C15H16BrNO/c1-11(2)13-5-3-12(4-6-13)10-18-15-8-7-14(16)9-17-15/h3-9,11H,10H2,1-2H3. The number of pyridine rings is 1. The Bertz CT molecular complexity index is 491. The molecule has 94 valence electrons. The van der Waals surface area contributed by atoms with Crippen LogP contribution in [0.25, 0.3) is 0 Å². The average Bonchev–Trinajstić information content (AvgIpc) is 2.38. The largest absolute Gasteiger partial charge is 0.473 e. The van der Waals surface area contributed by atoms with Gasteiger partial charge in [-0.15, -0.1) is 0 Å². The second-order valence-corrected chi connectivity index (χ2v) is 5.42. The fraction of sp³-hybridized carbons (Fsp3) is 0.267. The molecule has 0 spiro atoms. The van der Waals surface area contributed by atoms with Crippen molar-refractivity contribution in [2.75, 3.05) is 0 Å². The first kappa shape index (κ1) is 13.1. The molecule has 0 atom stereocenters. The summed E-state index contributed by atoms with van der Waals surface area (Å²) in [4.78, 5) is 4.17. The number of nitrogens with zero attached hydrogens (tertiary/aromatic N) is 1. The minimum atomic E-state index is 0.549. The van der Waals surface area contributed by atoms with E-state index in [1.54, 1.807) is 6.20 Å². The highest BCUT2D eigenvalue weighted by Gasteiger charge is 2.00. The van der Waals surface area contributed by atoms with Gasteiger partial charge >= 0.3 is 0 Å². The molecule has 1 aromatic heterocycles. The molecule has 1 heterocycles. The summed E-state index contributed by atoms with van der Waals surface area (Å²) in [5, 5.41) is 0. The van der Waals surface area contributed by atoms with Gasteiger partial charge in [0.1, 0.15) is 6.61 Å². The van der Waals surface area contributed by atoms with Crippen LogP contribution in [0.4, 0.5) is 0 Å². The van der Waals surface area contributed by atoms with Gasteiger partial charge in [0.25, 0.3) is 0 Å². The van der Waals surface area contributed by atoms with Gasteiger partial charge in [0, 0.05) is 16.7 Å². The molecule has 0 saturated carbocycles. The van der Waals surface area contributed by atoms with Gasteiger partial charge in [0.05, 0.1) is 0 Å².